The Hall–Kier alpha value is -1.53. The number of nitrogens with one attached hydrogen (secondary N) is 1. The van der Waals surface area contributed by atoms with Crippen LogP contribution in [0.25, 0.3) is 0 Å². The molecule has 0 heterocycles. The number of nitriles is 1. The molecule has 0 aliphatic heterocycles. The van der Waals surface area contributed by atoms with Crippen LogP contribution in [-0.4, -0.2) is 18.7 Å². The normalized spacial score (nSPS) is 13.1. The van der Waals surface area contributed by atoms with Crippen LogP contribution in [0.5, 0.6) is 5.75 Å². The van der Waals surface area contributed by atoms with Crippen molar-refractivity contribution >= 4 is 0 Å². The van der Waals surface area contributed by atoms with E-state index in [-0.39, 0.29) is 17.5 Å². The van der Waals surface area contributed by atoms with Gasteiger partial charge in [0.15, 0.2) is 0 Å². The van der Waals surface area contributed by atoms with E-state index in [0.717, 1.165) is 5.75 Å². The third-order valence-electron chi connectivity index (χ3n) is 2.81. The van der Waals surface area contributed by atoms with E-state index in [4.69, 9.17) is 10.00 Å². The second-order valence-electron chi connectivity index (χ2n) is 6.09. The van der Waals surface area contributed by atoms with E-state index in [9.17, 15) is 0 Å². The van der Waals surface area contributed by atoms with E-state index in [2.05, 4.69) is 38.2 Å². The number of hydrogen-bond donors (Lipinski definition) is 1. The van der Waals surface area contributed by atoms with Crippen LogP contribution in [0.15, 0.2) is 24.3 Å². The summed E-state index contributed by atoms with van der Waals surface area (Å²) >= 11 is 0. The summed E-state index contributed by atoms with van der Waals surface area (Å²) in [4.78, 5) is 0. The van der Waals surface area contributed by atoms with Crippen molar-refractivity contribution in [2.24, 2.45) is 0 Å². The molecule has 0 saturated carbocycles. The van der Waals surface area contributed by atoms with Crippen LogP contribution in [0.4, 0.5) is 0 Å². The molecule has 1 atom stereocenters. The van der Waals surface area contributed by atoms with Crippen LogP contribution in [0, 0.1) is 11.3 Å². The highest BCUT2D eigenvalue weighted by molar-refractivity contribution is 5.32. The first kappa shape index (κ1) is 15.5. The Labute approximate surface area is 116 Å². The molecule has 0 aliphatic carbocycles. The summed E-state index contributed by atoms with van der Waals surface area (Å²) in [7, 11) is 0. The molecule has 19 heavy (non-hydrogen) atoms. The van der Waals surface area contributed by atoms with Crippen molar-refractivity contribution in [1.29, 1.82) is 5.26 Å². The van der Waals surface area contributed by atoms with Crippen LogP contribution in [-0.2, 0) is 5.41 Å². The molecule has 1 rings (SSSR count). The molecule has 1 aromatic rings. The lowest BCUT2D eigenvalue weighted by atomic mass is 9.87. The van der Waals surface area contributed by atoms with Crippen LogP contribution >= 0.6 is 0 Å². The third-order valence-corrected chi connectivity index (χ3v) is 2.81. The molecule has 104 valence electrons. The molecular formula is C16H24N2O. The highest BCUT2D eigenvalue weighted by atomic mass is 16.5. The maximum atomic E-state index is 9.04. The van der Waals surface area contributed by atoms with Gasteiger partial charge in [0.1, 0.15) is 18.4 Å². The molecule has 0 spiro atoms. The third kappa shape index (κ3) is 5.32. The van der Waals surface area contributed by atoms with Gasteiger partial charge >= 0.3 is 0 Å². The largest absolute Gasteiger partial charge is 0.491 e. The van der Waals surface area contributed by atoms with Crippen molar-refractivity contribution < 1.29 is 4.74 Å². The maximum Gasteiger partial charge on any atom is 0.130 e. The Balaban J connectivity index is 2.65. The zero-order valence-electron chi connectivity index (χ0n) is 12.5. The van der Waals surface area contributed by atoms with E-state index in [1.165, 1.54) is 5.56 Å². The summed E-state index contributed by atoms with van der Waals surface area (Å²) in [5.41, 5.74) is 1.33. The number of ether oxygens (including phenoxy) is 1. The van der Waals surface area contributed by atoms with E-state index < -0.39 is 0 Å². The van der Waals surface area contributed by atoms with Gasteiger partial charge in [-0.05, 0) is 37.0 Å². The summed E-state index contributed by atoms with van der Waals surface area (Å²) < 4.78 is 5.71. The van der Waals surface area contributed by atoms with E-state index in [0.29, 0.717) is 6.61 Å². The monoisotopic (exact) mass is 260 g/mol. The lowest BCUT2D eigenvalue weighted by Gasteiger charge is -2.20. The highest BCUT2D eigenvalue weighted by Crippen LogP contribution is 2.25. The first-order chi connectivity index (χ1) is 8.82. The molecule has 0 amide bonds. The molecule has 3 nitrogen and oxygen atoms in total. The van der Waals surface area contributed by atoms with Crippen LogP contribution < -0.4 is 10.1 Å². The second-order valence-corrected chi connectivity index (χ2v) is 6.09. The van der Waals surface area contributed by atoms with Crippen molar-refractivity contribution in [2.75, 3.05) is 6.61 Å². The molecular weight excluding hydrogens is 236 g/mol. The van der Waals surface area contributed by atoms with E-state index >= 15 is 0 Å². The number of rotatable bonds is 5. The summed E-state index contributed by atoms with van der Waals surface area (Å²) in [6.07, 6.45) is 0. The molecule has 1 aromatic carbocycles. The zero-order chi connectivity index (χ0) is 14.5. The SMILES string of the molecule is CC(C)NC(C#N)COc1cccc(C(C)(C)C)c1. The van der Waals surface area contributed by atoms with Crippen molar-refractivity contribution in [3.63, 3.8) is 0 Å². The fraction of sp³-hybridized carbons (Fsp3) is 0.562. The number of benzene rings is 1. The lowest BCUT2D eigenvalue weighted by Crippen LogP contribution is -2.37. The van der Waals surface area contributed by atoms with E-state index in [1.54, 1.807) is 0 Å². The molecule has 1 N–H and O–H groups in total. The quantitative estimate of drug-likeness (QED) is 0.884. The second kappa shape index (κ2) is 6.58. The predicted octanol–water partition coefficient (Wildman–Crippen LogP) is 3.25. The summed E-state index contributed by atoms with van der Waals surface area (Å²) in [6.45, 7) is 10.9. The molecule has 0 radical (unpaired) electrons. The Kier molecular flexibility index (Phi) is 5.38. The Morgan fingerprint density at radius 3 is 2.53 bits per heavy atom. The van der Waals surface area contributed by atoms with Gasteiger partial charge in [-0.3, -0.25) is 5.32 Å². The minimum atomic E-state index is -0.279. The van der Waals surface area contributed by atoms with Crippen molar-refractivity contribution in [1.82, 2.24) is 5.32 Å². The van der Waals surface area contributed by atoms with Gasteiger partial charge in [-0.15, -0.1) is 0 Å². The van der Waals surface area contributed by atoms with Crippen LogP contribution in [0.1, 0.15) is 40.2 Å². The van der Waals surface area contributed by atoms with Gasteiger partial charge < -0.3 is 4.74 Å². The minimum absolute atomic E-state index is 0.101. The van der Waals surface area contributed by atoms with Gasteiger partial charge in [-0.1, -0.05) is 32.9 Å². The van der Waals surface area contributed by atoms with Gasteiger partial charge in [-0.25, -0.2) is 0 Å². The number of nitrogens with zero attached hydrogens (tertiary/aromatic N) is 1. The first-order valence-electron chi connectivity index (χ1n) is 6.72. The van der Waals surface area contributed by atoms with Crippen molar-refractivity contribution in [3.05, 3.63) is 29.8 Å². The maximum absolute atomic E-state index is 9.04. The Bertz CT molecular complexity index is 441. The molecule has 0 fully saturated rings. The number of hydrogen-bond acceptors (Lipinski definition) is 3. The predicted molar refractivity (Wildman–Crippen MR) is 78.3 cm³/mol. The fourth-order valence-electron chi connectivity index (χ4n) is 1.76. The van der Waals surface area contributed by atoms with Crippen molar-refractivity contribution in [3.8, 4) is 11.8 Å². The lowest BCUT2D eigenvalue weighted by molar-refractivity contribution is 0.282. The fourth-order valence-corrected chi connectivity index (χ4v) is 1.76. The van der Waals surface area contributed by atoms with Crippen LogP contribution in [0.2, 0.25) is 0 Å². The molecule has 0 saturated heterocycles. The zero-order valence-corrected chi connectivity index (χ0v) is 12.5. The summed E-state index contributed by atoms with van der Waals surface area (Å²) in [5.74, 6) is 0.818. The van der Waals surface area contributed by atoms with Crippen molar-refractivity contribution in [2.45, 2.75) is 52.1 Å². The summed E-state index contributed by atoms with van der Waals surface area (Å²) in [5, 5.41) is 12.2. The molecule has 0 aliphatic rings. The Morgan fingerprint density at radius 2 is 2.00 bits per heavy atom. The van der Waals surface area contributed by atoms with Gasteiger partial charge in [0.05, 0.1) is 6.07 Å². The Morgan fingerprint density at radius 1 is 1.32 bits per heavy atom. The minimum Gasteiger partial charge on any atom is -0.491 e. The van der Waals surface area contributed by atoms with Crippen LogP contribution in [0.3, 0.4) is 0 Å². The molecule has 0 bridgehead atoms. The first-order valence-corrected chi connectivity index (χ1v) is 6.72. The average Bonchev–Trinajstić information content (AvgIpc) is 2.33. The summed E-state index contributed by atoms with van der Waals surface area (Å²) in [6, 6.07) is 10.3. The standard InChI is InChI=1S/C16H24N2O/c1-12(2)18-14(10-17)11-19-15-8-6-7-13(9-15)16(3,4)5/h6-9,12,14,18H,11H2,1-5H3. The smallest absolute Gasteiger partial charge is 0.130 e. The molecule has 1 unspecified atom stereocenters. The van der Waals surface area contributed by atoms with Gasteiger partial charge in [0, 0.05) is 6.04 Å². The van der Waals surface area contributed by atoms with E-state index in [1.807, 2.05) is 32.0 Å². The average molecular weight is 260 g/mol. The van der Waals surface area contributed by atoms with Gasteiger partial charge in [0.2, 0.25) is 0 Å². The highest BCUT2D eigenvalue weighted by Gasteiger charge is 2.14. The molecule has 3 heteroatoms. The van der Waals surface area contributed by atoms with Gasteiger partial charge in [-0.2, -0.15) is 5.26 Å². The van der Waals surface area contributed by atoms with Gasteiger partial charge in [0.25, 0.3) is 0 Å². The molecule has 0 aromatic heterocycles. The topological polar surface area (TPSA) is 45.0 Å².